The molecule has 8 heteroatoms. The molecule has 0 aromatic carbocycles. The standard InChI is InChI=1S/C14H29N3O4S/c1-11-8-12(2)10-17(9-11)22(19,20)16-7-6-15-13(18)21-14(3,4)5/h11-12,16H,6-10H2,1-5H3,(H,15,18)/t11-,12-/m0/s1. The second-order valence-electron chi connectivity index (χ2n) is 7.09. The number of hydrogen-bond donors (Lipinski definition) is 2. The fourth-order valence-electron chi connectivity index (χ4n) is 2.55. The van der Waals surface area contributed by atoms with E-state index >= 15 is 0 Å². The van der Waals surface area contributed by atoms with Crippen LogP contribution in [0.2, 0.25) is 0 Å². The number of nitrogens with zero attached hydrogens (tertiary/aromatic N) is 1. The molecule has 22 heavy (non-hydrogen) atoms. The van der Waals surface area contributed by atoms with Gasteiger partial charge in [0.1, 0.15) is 5.60 Å². The van der Waals surface area contributed by atoms with Gasteiger partial charge in [-0.25, -0.2) is 9.52 Å². The molecule has 0 spiro atoms. The maximum atomic E-state index is 12.2. The van der Waals surface area contributed by atoms with Crippen molar-refractivity contribution in [2.45, 2.75) is 46.6 Å². The Kier molecular flexibility index (Phi) is 6.64. The topological polar surface area (TPSA) is 87.7 Å². The number of amides is 1. The summed E-state index contributed by atoms with van der Waals surface area (Å²) in [6.07, 6.45) is 0.499. The van der Waals surface area contributed by atoms with E-state index in [-0.39, 0.29) is 13.1 Å². The Labute approximate surface area is 134 Å². The highest BCUT2D eigenvalue weighted by Gasteiger charge is 2.30. The number of carbonyl (C=O) groups excluding carboxylic acids is 1. The first-order chi connectivity index (χ1) is 9.99. The van der Waals surface area contributed by atoms with Crippen molar-refractivity contribution >= 4 is 16.3 Å². The minimum Gasteiger partial charge on any atom is -0.444 e. The molecule has 1 aliphatic heterocycles. The van der Waals surface area contributed by atoms with Gasteiger partial charge in [0, 0.05) is 26.2 Å². The van der Waals surface area contributed by atoms with Crippen molar-refractivity contribution < 1.29 is 17.9 Å². The molecule has 1 aliphatic rings. The normalized spacial score (nSPS) is 24.0. The molecular weight excluding hydrogens is 306 g/mol. The Balaban J connectivity index is 2.35. The molecule has 2 N–H and O–H groups in total. The maximum absolute atomic E-state index is 12.2. The molecule has 0 aromatic rings. The van der Waals surface area contributed by atoms with Gasteiger partial charge >= 0.3 is 6.09 Å². The van der Waals surface area contributed by atoms with Gasteiger partial charge in [-0.2, -0.15) is 12.7 Å². The molecule has 130 valence electrons. The molecule has 1 saturated heterocycles. The number of ether oxygens (including phenoxy) is 1. The van der Waals surface area contributed by atoms with Gasteiger partial charge in [0.2, 0.25) is 0 Å². The lowest BCUT2D eigenvalue weighted by atomic mass is 9.94. The Morgan fingerprint density at radius 2 is 1.73 bits per heavy atom. The highest BCUT2D eigenvalue weighted by molar-refractivity contribution is 7.87. The molecule has 0 unspecified atom stereocenters. The largest absolute Gasteiger partial charge is 0.444 e. The second kappa shape index (κ2) is 7.61. The predicted molar refractivity (Wildman–Crippen MR) is 85.7 cm³/mol. The van der Waals surface area contributed by atoms with Gasteiger partial charge in [0.05, 0.1) is 0 Å². The van der Waals surface area contributed by atoms with Crippen molar-refractivity contribution in [3.05, 3.63) is 0 Å². The monoisotopic (exact) mass is 335 g/mol. The van der Waals surface area contributed by atoms with Gasteiger partial charge in [-0.3, -0.25) is 0 Å². The van der Waals surface area contributed by atoms with Gasteiger partial charge < -0.3 is 10.1 Å². The van der Waals surface area contributed by atoms with Crippen molar-refractivity contribution in [2.75, 3.05) is 26.2 Å². The van der Waals surface area contributed by atoms with E-state index in [0.29, 0.717) is 24.9 Å². The van der Waals surface area contributed by atoms with Crippen LogP contribution in [0.4, 0.5) is 4.79 Å². The molecule has 1 heterocycles. The van der Waals surface area contributed by atoms with E-state index in [1.54, 1.807) is 20.8 Å². The minimum atomic E-state index is -3.49. The summed E-state index contributed by atoms with van der Waals surface area (Å²) >= 11 is 0. The molecule has 1 amide bonds. The van der Waals surface area contributed by atoms with E-state index in [9.17, 15) is 13.2 Å². The fraction of sp³-hybridized carbons (Fsp3) is 0.929. The van der Waals surface area contributed by atoms with Crippen LogP contribution < -0.4 is 10.0 Å². The van der Waals surface area contributed by atoms with Crippen LogP contribution in [0, 0.1) is 11.8 Å². The molecule has 0 bridgehead atoms. The third-order valence-electron chi connectivity index (χ3n) is 3.25. The summed E-state index contributed by atoms with van der Waals surface area (Å²) in [6.45, 7) is 10.8. The van der Waals surface area contributed by atoms with Gasteiger partial charge in [0.25, 0.3) is 10.2 Å². The van der Waals surface area contributed by atoms with Crippen molar-refractivity contribution in [1.82, 2.24) is 14.3 Å². The molecular formula is C14H29N3O4S. The molecule has 0 aromatic heterocycles. The van der Waals surface area contributed by atoms with Crippen molar-refractivity contribution in [1.29, 1.82) is 0 Å². The van der Waals surface area contributed by atoms with Crippen molar-refractivity contribution in [3.63, 3.8) is 0 Å². The highest BCUT2D eigenvalue weighted by Crippen LogP contribution is 2.22. The average Bonchev–Trinajstić information content (AvgIpc) is 2.31. The number of piperidine rings is 1. The van der Waals surface area contributed by atoms with E-state index in [1.165, 1.54) is 4.31 Å². The Morgan fingerprint density at radius 3 is 2.23 bits per heavy atom. The van der Waals surface area contributed by atoms with Gasteiger partial charge in [-0.15, -0.1) is 0 Å². The van der Waals surface area contributed by atoms with Gasteiger partial charge in [-0.1, -0.05) is 13.8 Å². The van der Waals surface area contributed by atoms with E-state index in [1.807, 2.05) is 0 Å². The van der Waals surface area contributed by atoms with E-state index in [0.717, 1.165) is 6.42 Å². The van der Waals surface area contributed by atoms with Crippen LogP contribution in [0.15, 0.2) is 0 Å². The Bertz CT molecular complexity index is 463. The van der Waals surface area contributed by atoms with Crippen LogP contribution in [0.1, 0.15) is 41.0 Å². The van der Waals surface area contributed by atoms with E-state index in [2.05, 4.69) is 23.9 Å². The lowest BCUT2D eigenvalue weighted by Gasteiger charge is -2.33. The summed E-state index contributed by atoms with van der Waals surface area (Å²) in [4.78, 5) is 11.4. The molecule has 0 saturated carbocycles. The van der Waals surface area contributed by atoms with Crippen LogP contribution in [0.3, 0.4) is 0 Å². The van der Waals surface area contributed by atoms with E-state index in [4.69, 9.17) is 4.74 Å². The first kappa shape index (κ1) is 19.2. The number of alkyl carbamates (subject to hydrolysis) is 1. The van der Waals surface area contributed by atoms with Crippen LogP contribution in [0.5, 0.6) is 0 Å². The van der Waals surface area contributed by atoms with Crippen LogP contribution in [-0.2, 0) is 14.9 Å². The molecule has 7 nitrogen and oxygen atoms in total. The smallest absolute Gasteiger partial charge is 0.407 e. The summed E-state index contributed by atoms with van der Waals surface area (Å²) < 4.78 is 33.5. The van der Waals surface area contributed by atoms with E-state index < -0.39 is 21.9 Å². The fourth-order valence-corrected chi connectivity index (χ4v) is 4.00. The Morgan fingerprint density at radius 1 is 1.18 bits per heavy atom. The number of nitrogens with one attached hydrogen (secondary N) is 2. The third kappa shape index (κ3) is 6.93. The zero-order chi connectivity index (χ0) is 17.0. The SMILES string of the molecule is C[C@H]1C[C@H](C)CN(S(=O)(=O)NCCNC(=O)OC(C)(C)C)C1. The van der Waals surface area contributed by atoms with Gasteiger partial charge in [0.15, 0.2) is 0 Å². The second-order valence-corrected chi connectivity index (χ2v) is 8.85. The van der Waals surface area contributed by atoms with Gasteiger partial charge in [-0.05, 0) is 39.0 Å². The van der Waals surface area contributed by atoms with Crippen molar-refractivity contribution in [2.24, 2.45) is 11.8 Å². The maximum Gasteiger partial charge on any atom is 0.407 e. The lowest BCUT2D eigenvalue weighted by Crippen LogP contribution is -2.49. The first-order valence-corrected chi connectivity index (χ1v) is 9.15. The minimum absolute atomic E-state index is 0.140. The first-order valence-electron chi connectivity index (χ1n) is 7.71. The molecule has 0 aliphatic carbocycles. The Hall–Kier alpha value is -0.860. The molecule has 1 rings (SSSR count). The summed E-state index contributed by atoms with van der Waals surface area (Å²) in [6, 6.07) is 0. The van der Waals surface area contributed by atoms with Crippen LogP contribution in [-0.4, -0.2) is 50.6 Å². The zero-order valence-electron chi connectivity index (χ0n) is 14.2. The van der Waals surface area contributed by atoms with Crippen molar-refractivity contribution in [3.8, 4) is 0 Å². The quantitative estimate of drug-likeness (QED) is 0.742. The average molecular weight is 335 g/mol. The number of carbonyl (C=O) groups is 1. The lowest BCUT2D eigenvalue weighted by molar-refractivity contribution is 0.0529. The third-order valence-corrected chi connectivity index (χ3v) is 4.80. The predicted octanol–water partition coefficient (Wildman–Crippen LogP) is 1.32. The zero-order valence-corrected chi connectivity index (χ0v) is 15.0. The highest BCUT2D eigenvalue weighted by atomic mass is 32.2. The summed E-state index contributed by atoms with van der Waals surface area (Å²) in [5.41, 5.74) is -0.566. The molecule has 1 fully saturated rings. The number of rotatable bonds is 5. The summed E-state index contributed by atoms with van der Waals surface area (Å²) in [5.74, 6) is 0.723. The van der Waals surface area contributed by atoms with Crippen LogP contribution >= 0.6 is 0 Å². The molecule has 2 atom stereocenters. The summed E-state index contributed by atoms with van der Waals surface area (Å²) in [7, 11) is -3.49. The number of hydrogen-bond acceptors (Lipinski definition) is 4. The summed E-state index contributed by atoms with van der Waals surface area (Å²) in [5, 5.41) is 2.53. The van der Waals surface area contributed by atoms with Crippen LogP contribution in [0.25, 0.3) is 0 Å². The molecule has 0 radical (unpaired) electrons.